The molecule has 1 atom stereocenters. The van der Waals surface area contributed by atoms with Crippen LogP contribution >= 0.6 is 0 Å². The number of carboxylic acid groups (broad SMARTS) is 1. The van der Waals surface area contributed by atoms with Gasteiger partial charge in [-0.1, -0.05) is 93.6 Å². The molecule has 53 heavy (non-hydrogen) atoms. The smallest absolute Gasteiger partial charge is 0.339 e. The lowest BCUT2D eigenvalue weighted by molar-refractivity contribution is 0.0473. The maximum Gasteiger partial charge on any atom is 0.339 e. The van der Waals surface area contributed by atoms with E-state index in [9.17, 15) is 31.5 Å². The fraction of sp³-hybridized carbons (Fsp3) is 0.220. The van der Waals surface area contributed by atoms with Crippen LogP contribution in [0, 0.1) is 0 Å². The van der Waals surface area contributed by atoms with Crippen molar-refractivity contribution in [2.24, 2.45) is 0 Å². The van der Waals surface area contributed by atoms with E-state index in [2.05, 4.69) is 9.44 Å². The monoisotopic (exact) mass is 754 g/mol. The van der Waals surface area contributed by atoms with Gasteiger partial charge in [0.2, 0.25) is 20.0 Å². The molecule has 3 N–H and O–H groups in total. The number of anilines is 2. The third-order valence-corrected chi connectivity index (χ3v) is 9.85. The van der Waals surface area contributed by atoms with Crippen molar-refractivity contribution >= 4 is 43.4 Å². The van der Waals surface area contributed by atoms with Gasteiger partial charge in [0.1, 0.15) is 6.61 Å². The first kappa shape index (κ1) is 38.8. The third-order valence-electron chi connectivity index (χ3n) is 8.64. The highest BCUT2D eigenvalue weighted by molar-refractivity contribution is 7.92. The molecule has 0 aliphatic heterocycles. The summed E-state index contributed by atoms with van der Waals surface area (Å²) in [6.07, 6.45) is 2.72. The standard InChI is InChI=1S/C41H42N2O8S2/c1-26(2)34-14-8-17-37(38(34)30-10-6-12-32(23-30)42-52(4,47)48)41(46)51-25-29-20-18-28(19-21-29)22-27(3)35-15-9-16-36(40(44)45)39(35)31-11-7-13-33(24-31)43-53(5,49)50/h6-21,23-24,26-27,42-43H,22,25H2,1-5H3,(H,44,45). The Kier molecular flexibility index (Phi) is 11.7. The lowest BCUT2D eigenvalue weighted by Gasteiger charge is -2.20. The maximum atomic E-state index is 13.6. The molecule has 0 saturated carbocycles. The Labute approximate surface area is 311 Å². The average Bonchev–Trinajstić information content (AvgIpc) is 3.09. The summed E-state index contributed by atoms with van der Waals surface area (Å²) in [4.78, 5) is 25.9. The highest BCUT2D eigenvalue weighted by atomic mass is 32.2. The molecule has 0 spiro atoms. The number of benzene rings is 5. The van der Waals surface area contributed by atoms with Gasteiger partial charge in [-0.3, -0.25) is 9.44 Å². The fourth-order valence-corrected chi connectivity index (χ4v) is 7.50. The number of ether oxygens (including phenoxy) is 1. The van der Waals surface area contributed by atoms with Gasteiger partial charge in [0.05, 0.1) is 23.6 Å². The van der Waals surface area contributed by atoms with Crippen LogP contribution in [-0.4, -0.2) is 46.4 Å². The lowest BCUT2D eigenvalue weighted by Crippen LogP contribution is -2.11. The molecular weight excluding hydrogens is 713 g/mol. The minimum Gasteiger partial charge on any atom is -0.478 e. The number of hydrogen-bond acceptors (Lipinski definition) is 7. The Balaban J connectivity index is 1.34. The van der Waals surface area contributed by atoms with Crippen molar-refractivity contribution in [3.8, 4) is 22.3 Å². The first-order valence-electron chi connectivity index (χ1n) is 16.9. The molecule has 5 aromatic carbocycles. The molecule has 0 aromatic heterocycles. The number of hydrogen-bond donors (Lipinski definition) is 3. The molecule has 0 radical (unpaired) electrons. The highest BCUT2D eigenvalue weighted by Crippen LogP contribution is 2.37. The average molecular weight is 755 g/mol. The zero-order chi connectivity index (χ0) is 38.5. The largest absolute Gasteiger partial charge is 0.478 e. The van der Waals surface area contributed by atoms with E-state index in [0.29, 0.717) is 45.6 Å². The molecule has 0 bridgehead atoms. The van der Waals surface area contributed by atoms with E-state index in [1.165, 1.54) is 6.07 Å². The molecule has 0 heterocycles. The number of nitrogens with one attached hydrogen (secondary N) is 2. The van der Waals surface area contributed by atoms with E-state index in [-0.39, 0.29) is 24.0 Å². The maximum absolute atomic E-state index is 13.6. The Hall–Kier alpha value is -5.46. The zero-order valence-corrected chi connectivity index (χ0v) is 31.7. The molecular formula is C41H42N2O8S2. The Bertz CT molecular complexity index is 2370. The van der Waals surface area contributed by atoms with Gasteiger partial charge < -0.3 is 9.84 Å². The van der Waals surface area contributed by atoms with Gasteiger partial charge in [-0.25, -0.2) is 26.4 Å². The molecule has 0 saturated heterocycles. The summed E-state index contributed by atoms with van der Waals surface area (Å²) in [5.41, 5.74) is 7.16. The summed E-state index contributed by atoms with van der Waals surface area (Å²) in [6.45, 7) is 6.08. The van der Waals surface area contributed by atoms with Crippen LogP contribution < -0.4 is 9.44 Å². The van der Waals surface area contributed by atoms with Gasteiger partial charge in [0.25, 0.3) is 0 Å². The Morgan fingerprint density at radius 1 is 0.642 bits per heavy atom. The third kappa shape index (κ3) is 10.1. The normalized spacial score (nSPS) is 12.3. The summed E-state index contributed by atoms with van der Waals surface area (Å²) in [5.74, 6) is -1.64. The Morgan fingerprint density at radius 2 is 1.11 bits per heavy atom. The molecule has 5 rings (SSSR count). The quantitative estimate of drug-likeness (QED) is 0.0957. The molecule has 0 aliphatic rings. The second-order valence-corrected chi connectivity index (χ2v) is 16.9. The van der Waals surface area contributed by atoms with Gasteiger partial charge in [-0.15, -0.1) is 0 Å². The van der Waals surface area contributed by atoms with E-state index in [4.69, 9.17) is 4.74 Å². The first-order valence-corrected chi connectivity index (χ1v) is 20.7. The topological polar surface area (TPSA) is 156 Å². The number of carboxylic acids is 1. The lowest BCUT2D eigenvalue weighted by atomic mass is 9.85. The zero-order valence-electron chi connectivity index (χ0n) is 30.1. The number of aromatic carboxylic acids is 1. The van der Waals surface area contributed by atoms with Crippen molar-refractivity contribution in [3.63, 3.8) is 0 Å². The number of rotatable bonds is 14. The second-order valence-electron chi connectivity index (χ2n) is 13.4. The summed E-state index contributed by atoms with van der Waals surface area (Å²) in [5, 5.41) is 10.1. The van der Waals surface area contributed by atoms with Crippen molar-refractivity contribution in [2.75, 3.05) is 22.0 Å². The number of carbonyl (C=O) groups is 2. The van der Waals surface area contributed by atoms with Crippen molar-refractivity contribution < 1.29 is 36.3 Å². The van der Waals surface area contributed by atoms with Crippen LogP contribution in [0.1, 0.15) is 75.6 Å². The van der Waals surface area contributed by atoms with E-state index in [1.807, 2.05) is 69.3 Å². The van der Waals surface area contributed by atoms with Crippen LogP contribution in [0.25, 0.3) is 22.3 Å². The molecule has 0 aliphatic carbocycles. The second kappa shape index (κ2) is 16.1. The molecule has 10 nitrogen and oxygen atoms in total. The molecule has 5 aromatic rings. The van der Waals surface area contributed by atoms with Crippen molar-refractivity contribution in [1.29, 1.82) is 0 Å². The van der Waals surface area contributed by atoms with Gasteiger partial charge in [0, 0.05) is 11.4 Å². The molecule has 1 unspecified atom stereocenters. The molecule has 12 heteroatoms. The van der Waals surface area contributed by atoms with E-state index in [0.717, 1.165) is 34.8 Å². The van der Waals surface area contributed by atoms with Crippen molar-refractivity contribution in [2.45, 2.75) is 45.6 Å². The SMILES string of the molecule is CC(C)c1cccc(C(=O)OCc2ccc(CC(C)c3cccc(C(=O)O)c3-c3cccc(NS(C)(=O)=O)c3)cc2)c1-c1cccc(NS(C)(=O)=O)c1. The van der Waals surface area contributed by atoms with Crippen LogP contribution in [0.4, 0.5) is 11.4 Å². The van der Waals surface area contributed by atoms with Gasteiger partial charge >= 0.3 is 11.9 Å². The van der Waals surface area contributed by atoms with Crippen molar-refractivity contribution in [3.05, 3.63) is 143 Å². The predicted molar refractivity (Wildman–Crippen MR) is 209 cm³/mol. The molecule has 276 valence electrons. The van der Waals surface area contributed by atoms with E-state index < -0.39 is 32.0 Å². The van der Waals surface area contributed by atoms with Crippen LogP contribution in [0.15, 0.2) is 109 Å². The molecule has 0 fully saturated rings. The summed E-state index contributed by atoms with van der Waals surface area (Å²) >= 11 is 0. The first-order chi connectivity index (χ1) is 25.0. The highest BCUT2D eigenvalue weighted by Gasteiger charge is 2.22. The van der Waals surface area contributed by atoms with E-state index >= 15 is 0 Å². The summed E-state index contributed by atoms with van der Waals surface area (Å²) < 4.78 is 58.3. The number of carbonyl (C=O) groups excluding carboxylic acids is 1. The Morgan fingerprint density at radius 3 is 1.62 bits per heavy atom. The van der Waals surface area contributed by atoms with Crippen LogP contribution in [0.2, 0.25) is 0 Å². The van der Waals surface area contributed by atoms with Crippen LogP contribution in [0.5, 0.6) is 0 Å². The van der Waals surface area contributed by atoms with E-state index in [1.54, 1.807) is 54.6 Å². The number of sulfonamides is 2. The van der Waals surface area contributed by atoms with Crippen molar-refractivity contribution in [1.82, 2.24) is 0 Å². The predicted octanol–water partition coefficient (Wildman–Crippen LogP) is 8.29. The number of esters is 1. The van der Waals surface area contributed by atoms with Crippen LogP contribution in [-0.2, 0) is 37.8 Å². The minimum absolute atomic E-state index is 0.0261. The van der Waals surface area contributed by atoms with Gasteiger partial charge in [0.15, 0.2) is 0 Å². The molecule has 0 amide bonds. The summed E-state index contributed by atoms with van der Waals surface area (Å²) in [7, 11) is -7.03. The summed E-state index contributed by atoms with van der Waals surface area (Å²) in [6, 6.07) is 31.9. The van der Waals surface area contributed by atoms with Gasteiger partial charge in [-0.2, -0.15) is 0 Å². The fourth-order valence-electron chi connectivity index (χ4n) is 6.39. The van der Waals surface area contributed by atoms with Crippen LogP contribution in [0.3, 0.4) is 0 Å². The van der Waals surface area contributed by atoms with Gasteiger partial charge in [-0.05, 0) is 99.2 Å². The minimum atomic E-state index is -3.53.